The number of benzene rings is 3. The Hall–Kier alpha value is -3.73. The second kappa shape index (κ2) is 7.48. The highest BCUT2D eigenvalue weighted by Gasteiger charge is 2.10. The van der Waals surface area contributed by atoms with Gasteiger partial charge in [0.25, 0.3) is 5.91 Å². The average molecular weight is 371 g/mol. The minimum Gasteiger partial charge on any atom is -0.333 e. The van der Waals surface area contributed by atoms with Gasteiger partial charge in [-0.1, -0.05) is 42.5 Å². The van der Waals surface area contributed by atoms with E-state index in [0.29, 0.717) is 11.3 Å². The monoisotopic (exact) mass is 371 g/mol. The summed E-state index contributed by atoms with van der Waals surface area (Å²) in [4.78, 5) is 17.0. The minimum absolute atomic E-state index is 0.281. The van der Waals surface area contributed by atoms with Gasteiger partial charge in [-0.2, -0.15) is 0 Å². The zero-order chi connectivity index (χ0) is 19.5. The maximum atomic E-state index is 13.0. The van der Waals surface area contributed by atoms with Gasteiger partial charge in [0.2, 0.25) is 0 Å². The van der Waals surface area contributed by atoms with Crippen LogP contribution in [0.3, 0.4) is 0 Å². The van der Waals surface area contributed by atoms with Crippen molar-refractivity contribution in [1.82, 2.24) is 9.55 Å². The molecule has 0 saturated carbocycles. The molecule has 0 aliphatic carbocycles. The average Bonchev–Trinajstić information content (AvgIpc) is 3.11. The lowest BCUT2D eigenvalue weighted by Crippen LogP contribution is -2.11. The highest BCUT2D eigenvalue weighted by molar-refractivity contribution is 6.04. The van der Waals surface area contributed by atoms with Gasteiger partial charge < -0.3 is 9.88 Å². The fraction of sp³-hybridized carbons (Fsp3) is 0.0435. The van der Waals surface area contributed by atoms with Crippen molar-refractivity contribution in [3.8, 4) is 22.6 Å². The molecule has 0 spiro atoms. The van der Waals surface area contributed by atoms with Crippen LogP contribution in [0.5, 0.6) is 0 Å². The predicted octanol–water partition coefficient (Wildman–Crippen LogP) is 5.15. The van der Waals surface area contributed by atoms with E-state index in [1.165, 1.54) is 24.3 Å². The number of anilines is 1. The number of hydrogen-bond acceptors (Lipinski definition) is 2. The van der Waals surface area contributed by atoms with E-state index in [1.807, 2.05) is 72.4 Å². The van der Waals surface area contributed by atoms with Crippen molar-refractivity contribution >= 4 is 11.6 Å². The van der Waals surface area contributed by atoms with Gasteiger partial charge in [-0.3, -0.25) is 4.79 Å². The quantitative estimate of drug-likeness (QED) is 0.540. The van der Waals surface area contributed by atoms with Crippen LogP contribution < -0.4 is 5.32 Å². The molecule has 4 nitrogen and oxygen atoms in total. The Kier molecular flexibility index (Phi) is 4.72. The largest absolute Gasteiger partial charge is 0.333 e. The van der Waals surface area contributed by atoms with Crippen LogP contribution in [-0.2, 0) is 7.05 Å². The molecule has 0 aliphatic heterocycles. The van der Waals surface area contributed by atoms with Crippen LogP contribution in [0.1, 0.15) is 10.4 Å². The molecular formula is C23H18FN3O. The van der Waals surface area contributed by atoms with E-state index in [2.05, 4.69) is 5.32 Å². The zero-order valence-corrected chi connectivity index (χ0v) is 15.3. The number of nitrogens with zero attached hydrogens (tertiary/aromatic N) is 2. The highest BCUT2D eigenvalue weighted by Crippen LogP contribution is 2.25. The van der Waals surface area contributed by atoms with Crippen molar-refractivity contribution in [2.75, 3.05) is 5.32 Å². The topological polar surface area (TPSA) is 46.9 Å². The molecule has 1 heterocycles. The molecule has 0 bridgehead atoms. The highest BCUT2D eigenvalue weighted by atomic mass is 19.1. The number of nitrogens with one attached hydrogen (secondary N) is 1. The minimum atomic E-state index is -0.369. The molecule has 3 aromatic carbocycles. The molecule has 0 saturated heterocycles. The number of aromatic nitrogens is 2. The van der Waals surface area contributed by atoms with Gasteiger partial charge in [0, 0.05) is 35.6 Å². The number of carbonyl (C=O) groups is 1. The fourth-order valence-corrected chi connectivity index (χ4v) is 2.99. The smallest absolute Gasteiger partial charge is 0.255 e. The van der Waals surface area contributed by atoms with E-state index in [1.54, 1.807) is 0 Å². The second-order valence-electron chi connectivity index (χ2n) is 6.47. The molecule has 4 rings (SSSR count). The molecule has 4 aromatic rings. The van der Waals surface area contributed by atoms with Gasteiger partial charge in [0.15, 0.2) is 0 Å². The lowest BCUT2D eigenvalue weighted by atomic mass is 10.1. The summed E-state index contributed by atoms with van der Waals surface area (Å²) in [6, 6.07) is 22.9. The van der Waals surface area contributed by atoms with Crippen LogP contribution in [0.25, 0.3) is 22.6 Å². The van der Waals surface area contributed by atoms with Gasteiger partial charge in [-0.05, 0) is 36.4 Å². The maximum Gasteiger partial charge on any atom is 0.255 e. The third kappa shape index (κ3) is 3.69. The van der Waals surface area contributed by atoms with Crippen LogP contribution >= 0.6 is 0 Å². The second-order valence-corrected chi connectivity index (χ2v) is 6.47. The summed E-state index contributed by atoms with van der Waals surface area (Å²) in [5.74, 6) is 0.243. The van der Waals surface area contributed by atoms with Gasteiger partial charge in [-0.25, -0.2) is 9.37 Å². The summed E-state index contributed by atoms with van der Waals surface area (Å²) < 4.78 is 15.0. The molecule has 5 heteroatoms. The van der Waals surface area contributed by atoms with E-state index >= 15 is 0 Å². The summed E-state index contributed by atoms with van der Waals surface area (Å²) in [6.07, 6.45) is 1.98. The first-order chi connectivity index (χ1) is 13.6. The van der Waals surface area contributed by atoms with E-state index in [0.717, 1.165) is 22.6 Å². The summed E-state index contributed by atoms with van der Waals surface area (Å²) in [6.45, 7) is 0. The summed E-state index contributed by atoms with van der Waals surface area (Å²) in [5, 5.41) is 2.81. The molecule has 138 valence electrons. The first-order valence-electron chi connectivity index (χ1n) is 8.86. The lowest BCUT2D eigenvalue weighted by Gasteiger charge is -2.06. The van der Waals surface area contributed by atoms with Crippen molar-refractivity contribution < 1.29 is 9.18 Å². The first-order valence-corrected chi connectivity index (χ1v) is 8.86. The third-order valence-corrected chi connectivity index (χ3v) is 4.45. The Morgan fingerprint density at radius 3 is 2.25 bits per heavy atom. The van der Waals surface area contributed by atoms with Crippen molar-refractivity contribution in [2.24, 2.45) is 7.05 Å². The predicted molar refractivity (Wildman–Crippen MR) is 108 cm³/mol. The molecule has 1 N–H and O–H groups in total. The first kappa shape index (κ1) is 17.7. The van der Waals surface area contributed by atoms with Gasteiger partial charge >= 0.3 is 0 Å². The Balaban J connectivity index is 1.52. The Morgan fingerprint density at radius 2 is 1.57 bits per heavy atom. The lowest BCUT2D eigenvalue weighted by molar-refractivity contribution is 0.102. The number of carbonyl (C=O) groups excluding carboxylic acids is 1. The molecule has 1 aromatic heterocycles. The summed E-state index contributed by atoms with van der Waals surface area (Å²) >= 11 is 0. The zero-order valence-electron chi connectivity index (χ0n) is 15.3. The number of rotatable bonds is 4. The fourth-order valence-electron chi connectivity index (χ4n) is 2.99. The molecule has 0 aliphatic rings. The van der Waals surface area contributed by atoms with Crippen LogP contribution in [-0.4, -0.2) is 15.5 Å². The standard InChI is InChI=1S/C23H18FN3O/c1-27-15-21(26-22(27)17-5-3-2-4-6-17)16-9-13-20(14-10-16)25-23(28)18-7-11-19(24)12-8-18/h2-15H,1H3,(H,25,28). The van der Waals surface area contributed by atoms with Crippen molar-refractivity contribution in [3.05, 3.63) is 96.4 Å². The molecule has 0 fully saturated rings. The number of imidazole rings is 1. The van der Waals surface area contributed by atoms with Crippen molar-refractivity contribution in [1.29, 1.82) is 0 Å². The third-order valence-electron chi connectivity index (χ3n) is 4.45. The van der Waals surface area contributed by atoms with Gasteiger partial charge in [0.05, 0.1) is 5.69 Å². The van der Waals surface area contributed by atoms with Crippen LogP contribution in [0.2, 0.25) is 0 Å². The van der Waals surface area contributed by atoms with E-state index in [4.69, 9.17) is 4.98 Å². The van der Waals surface area contributed by atoms with Gasteiger partial charge in [-0.15, -0.1) is 0 Å². The van der Waals surface area contributed by atoms with Crippen molar-refractivity contribution in [2.45, 2.75) is 0 Å². The SMILES string of the molecule is Cn1cc(-c2ccc(NC(=O)c3ccc(F)cc3)cc2)nc1-c1ccccc1. The van der Waals surface area contributed by atoms with Crippen LogP contribution in [0.4, 0.5) is 10.1 Å². The Labute approximate surface area is 162 Å². The normalized spacial score (nSPS) is 10.6. The molecule has 0 atom stereocenters. The van der Waals surface area contributed by atoms with Gasteiger partial charge in [0.1, 0.15) is 11.6 Å². The molecule has 1 amide bonds. The van der Waals surface area contributed by atoms with E-state index in [-0.39, 0.29) is 11.7 Å². The Bertz CT molecular complexity index is 1100. The van der Waals surface area contributed by atoms with Crippen LogP contribution in [0.15, 0.2) is 85.1 Å². The molecular weight excluding hydrogens is 353 g/mol. The molecule has 28 heavy (non-hydrogen) atoms. The summed E-state index contributed by atoms with van der Waals surface area (Å²) in [7, 11) is 1.97. The number of amides is 1. The molecule has 0 unspecified atom stereocenters. The van der Waals surface area contributed by atoms with Crippen LogP contribution in [0, 0.1) is 5.82 Å². The number of aryl methyl sites for hydroxylation is 1. The number of halogens is 1. The number of hydrogen-bond donors (Lipinski definition) is 1. The maximum absolute atomic E-state index is 13.0. The molecule has 0 radical (unpaired) electrons. The van der Waals surface area contributed by atoms with Crippen molar-refractivity contribution in [3.63, 3.8) is 0 Å². The summed E-state index contributed by atoms with van der Waals surface area (Å²) in [5.41, 5.74) is 3.94. The Morgan fingerprint density at radius 1 is 0.893 bits per heavy atom. The van der Waals surface area contributed by atoms with E-state index in [9.17, 15) is 9.18 Å². The van der Waals surface area contributed by atoms with E-state index < -0.39 is 0 Å².